The molecule has 16 heavy (non-hydrogen) atoms. The molecule has 0 fully saturated rings. The van der Waals surface area contributed by atoms with E-state index in [1.807, 2.05) is 19.6 Å². The molecule has 94 valence electrons. The van der Waals surface area contributed by atoms with Crippen molar-refractivity contribution in [2.24, 2.45) is 0 Å². The third-order valence-electron chi connectivity index (χ3n) is 1.90. The van der Waals surface area contributed by atoms with Crippen LogP contribution in [0.1, 0.15) is 13.8 Å². The SMILES string of the molecule is C=C(C)C(=O)OC(C)[Si](C)(O)O[Si](C)(C)C. The second-order valence-electron chi connectivity index (χ2n) is 5.10. The summed E-state index contributed by atoms with van der Waals surface area (Å²) in [5, 5.41) is 0. The molecule has 0 aliphatic carbocycles. The van der Waals surface area contributed by atoms with Crippen LogP contribution in [0.15, 0.2) is 12.2 Å². The number of hydrogen-bond donors (Lipinski definition) is 1. The lowest BCUT2D eigenvalue weighted by molar-refractivity contribution is -0.141. The summed E-state index contributed by atoms with van der Waals surface area (Å²) in [7, 11) is -4.81. The minimum Gasteiger partial charge on any atom is -0.457 e. The molecule has 0 aromatic carbocycles. The van der Waals surface area contributed by atoms with Crippen LogP contribution >= 0.6 is 0 Å². The molecule has 0 aromatic heterocycles. The summed E-state index contributed by atoms with van der Waals surface area (Å²) in [5.74, 6) is -0.487. The summed E-state index contributed by atoms with van der Waals surface area (Å²) in [6.45, 7) is 14.3. The predicted molar refractivity (Wildman–Crippen MR) is 68.6 cm³/mol. The first-order chi connectivity index (χ1) is 6.96. The van der Waals surface area contributed by atoms with Gasteiger partial charge in [-0.05, 0) is 40.0 Å². The first-order valence-electron chi connectivity index (χ1n) is 5.25. The zero-order valence-corrected chi connectivity index (χ0v) is 13.0. The van der Waals surface area contributed by atoms with Crippen molar-refractivity contribution < 1.29 is 18.4 Å². The Morgan fingerprint density at radius 1 is 1.31 bits per heavy atom. The lowest BCUT2D eigenvalue weighted by Crippen LogP contribution is -2.54. The Hall–Kier alpha value is -0.436. The summed E-state index contributed by atoms with van der Waals surface area (Å²) < 4.78 is 10.8. The van der Waals surface area contributed by atoms with Crippen LogP contribution in [-0.2, 0) is 13.6 Å². The van der Waals surface area contributed by atoms with Crippen LogP contribution in [-0.4, -0.2) is 33.4 Å². The molecule has 0 rings (SSSR count). The van der Waals surface area contributed by atoms with Crippen molar-refractivity contribution in [3.63, 3.8) is 0 Å². The molecule has 0 saturated carbocycles. The molecule has 0 aliphatic rings. The van der Waals surface area contributed by atoms with Gasteiger partial charge in [0.1, 0.15) is 5.73 Å². The van der Waals surface area contributed by atoms with Gasteiger partial charge >= 0.3 is 14.5 Å². The van der Waals surface area contributed by atoms with Gasteiger partial charge < -0.3 is 13.6 Å². The Balaban J connectivity index is 4.52. The van der Waals surface area contributed by atoms with Crippen molar-refractivity contribution in [3.8, 4) is 0 Å². The monoisotopic (exact) mass is 262 g/mol. The van der Waals surface area contributed by atoms with Crippen LogP contribution in [0.4, 0.5) is 0 Å². The van der Waals surface area contributed by atoms with Crippen LogP contribution in [0.5, 0.6) is 0 Å². The highest BCUT2D eigenvalue weighted by Gasteiger charge is 2.41. The fourth-order valence-corrected chi connectivity index (χ4v) is 7.02. The van der Waals surface area contributed by atoms with E-state index in [1.54, 1.807) is 20.4 Å². The van der Waals surface area contributed by atoms with Crippen molar-refractivity contribution >= 4 is 22.8 Å². The molecular weight excluding hydrogens is 240 g/mol. The second kappa shape index (κ2) is 5.26. The third-order valence-corrected chi connectivity index (χ3v) is 7.63. The Morgan fingerprint density at radius 2 is 1.75 bits per heavy atom. The minimum atomic E-state index is -2.97. The first kappa shape index (κ1) is 15.6. The highest BCUT2D eigenvalue weighted by Crippen LogP contribution is 2.17. The molecule has 2 unspecified atom stereocenters. The van der Waals surface area contributed by atoms with Crippen LogP contribution in [0, 0.1) is 0 Å². The van der Waals surface area contributed by atoms with Gasteiger partial charge in [-0.1, -0.05) is 6.58 Å². The summed E-state index contributed by atoms with van der Waals surface area (Å²) in [6.07, 6.45) is 0. The first-order valence-corrected chi connectivity index (χ1v) is 11.1. The molecule has 0 spiro atoms. The topological polar surface area (TPSA) is 55.8 Å². The molecule has 1 N–H and O–H groups in total. The quantitative estimate of drug-likeness (QED) is 0.467. The van der Waals surface area contributed by atoms with E-state index in [9.17, 15) is 9.59 Å². The number of carbonyl (C=O) groups is 1. The maximum atomic E-state index is 11.3. The Bertz CT molecular complexity index is 281. The molecule has 0 saturated heterocycles. The van der Waals surface area contributed by atoms with E-state index in [4.69, 9.17) is 8.85 Å². The highest BCUT2D eigenvalue weighted by molar-refractivity contribution is 6.81. The van der Waals surface area contributed by atoms with Gasteiger partial charge in [0.25, 0.3) is 0 Å². The van der Waals surface area contributed by atoms with Crippen molar-refractivity contribution in [2.45, 2.75) is 45.8 Å². The van der Waals surface area contributed by atoms with Gasteiger partial charge in [0.05, 0.1) is 0 Å². The summed E-state index contributed by atoms with van der Waals surface area (Å²) in [6, 6.07) is 0. The molecule has 0 radical (unpaired) electrons. The number of carbonyl (C=O) groups excluding carboxylic acids is 1. The Morgan fingerprint density at radius 3 is 2.06 bits per heavy atom. The predicted octanol–water partition coefficient (Wildman–Crippen LogP) is 1.95. The third kappa shape index (κ3) is 5.59. The van der Waals surface area contributed by atoms with E-state index >= 15 is 0 Å². The van der Waals surface area contributed by atoms with Crippen LogP contribution in [0.3, 0.4) is 0 Å². The van der Waals surface area contributed by atoms with Gasteiger partial charge in [-0.2, -0.15) is 0 Å². The number of esters is 1. The number of ether oxygens (including phenoxy) is 1. The molecule has 0 bridgehead atoms. The number of rotatable bonds is 5. The van der Waals surface area contributed by atoms with Gasteiger partial charge in [-0.15, -0.1) is 0 Å². The maximum absolute atomic E-state index is 11.3. The van der Waals surface area contributed by atoms with Crippen LogP contribution in [0.2, 0.25) is 26.2 Å². The van der Waals surface area contributed by atoms with E-state index in [1.165, 1.54) is 0 Å². The van der Waals surface area contributed by atoms with Crippen molar-refractivity contribution in [2.75, 3.05) is 0 Å². The zero-order chi connectivity index (χ0) is 13.1. The second-order valence-corrected chi connectivity index (χ2v) is 13.1. The Labute approximate surface area is 99.6 Å². The van der Waals surface area contributed by atoms with Gasteiger partial charge in [-0.25, -0.2) is 4.79 Å². The average Bonchev–Trinajstić information content (AvgIpc) is 1.98. The fraction of sp³-hybridized carbons (Fsp3) is 0.700. The van der Waals surface area contributed by atoms with E-state index in [0.29, 0.717) is 5.57 Å². The maximum Gasteiger partial charge on any atom is 0.364 e. The highest BCUT2D eigenvalue weighted by atomic mass is 28.4. The lowest BCUT2D eigenvalue weighted by atomic mass is 10.4. The zero-order valence-electron chi connectivity index (χ0n) is 11.0. The van der Waals surface area contributed by atoms with E-state index in [-0.39, 0.29) is 0 Å². The molecule has 6 heteroatoms. The van der Waals surface area contributed by atoms with Crippen molar-refractivity contribution in [3.05, 3.63) is 12.2 Å². The largest absolute Gasteiger partial charge is 0.457 e. The van der Waals surface area contributed by atoms with Gasteiger partial charge in [0.15, 0.2) is 8.32 Å². The minimum absolute atomic E-state index is 0.324. The van der Waals surface area contributed by atoms with E-state index < -0.39 is 28.6 Å². The normalized spacial score (nSPS) is 17.4. The van der Waals surface area contributed by atoms with Crippen molar-refractivity contribution in [1.29, 1.82) is 0 Å². The molecule has 0 aliphatic heterocycles. The van der Waals surface area contributed by atoms with Crippen molar-refractivity contribution in [1.82, 2.24) is 0 Å². The summed E-state index contributed by atoms with van der Waals surface area (Å²) in [5.41, 5.74) is -0.270. The average molecular weight is 262 g/mol. The smallest absolute Gasteiger partial charge is 0.364 e. The fourth-order valence-electron chi connectivity index (χ4n) is 1.07. The molecule has 0 amide bonds. The van der Waals surface area contributed by atoms with Gasteiger partial charge in [0, 0.05) is 5.57 Å². The molecule has 0 aromatic rings. The standard InChI is InChI=1S/C10H22O4Si2/c1-8(2)10(11)13-9(3)16(7,12)14-15(4,5)6/h9,12H,1H2,2-7H3. The van der Waals surface area contributed by atoms with Gasteiger partial charge in [0.2, 0.25) is 0 Å². The molecule has 0 heterocycles. The molecular formula is C10H22O4Si2. The Kier molecular flexibility index (Phi) is 5.12. The van der Waals surface area contributed by atoms with Crippen LogP contribution < -0.4 is 0 Å². The van der Waals surface area contributed by atoms with Crippen LogP contribution in [0.25, 0.3) is 0 Å². The summed E-state index contributed by atoms with van der Waals surface area (Å²) in [4.78, 5) is 21.5. The lowest BCUT2D eigenvalue weighted by Gasteiger charge is -2.33. The van der Waals surface area contributed by atoms with E-state index in [0.717, 1.165) is 0 Å². The van der Waals surface area contributed by atoms with E-state index in [2.05, 4.69) is 6.58 Å². The summed E-state index contributed by atoms with van der Waals surface area (Å²) >= 11 is 0. The molecule has 2 atom stereocenters. The molecule has 4 nitrogen and oxygen atoms in total. The number of hydrogen-bond acceptors (Lipinski definition) is 4. The van der Waals surface area contributed by atoms with Gasteiger partial charge in [-0.3, -0.25) is 0 Å².